The molecule has 0 radical (unpaired) electrons. The zero-order valence-electron chi connectivity index (χ0n) is 21.5. The Hall–Kier alpha value is -4.23. The third kappa shape index (κ3) is 6.15. The molecule has 2 atom stereocenters. The van der Waals surface area contributed by atoms with Crippen LogP contribution in [0.1, 0.15) is 28.2 Å². The fourth-order valence-electron chi connectivity index (χ4n) is 4.85. The Kier molecular flexibility index (Phi) is 8.12. The Morgan fingerprint density at radius 3 is 1.98 bits per heavy atom. The van der Waals surface area contributed by atoms with Crippen molar-refractivity contribution in [2.75, 3.05) is 6.61 Å². The van der Waals surface area contributed by atoms with Gasteiger partial charge in [-0.15, -0.1) is 0 Å². The molecular weight excluding hydrogens is 529 g/mol. The summed E-state index contributed by atoms with van der Waals surface area (Å²) in [5.41, 5.74) is 5.62. The van der Waals surface area contributed by atoms with Crippen molar-refractivity contribution >= 4 is 25.0 Å². The quantitative estimate of drug-likeness (QED) is 0.228. The predicted molar refractivity (Wildman–Crippen MR) is 150 cm³/mol. The molecule has 5 rings (SSSR count). The highest BCUT2D eigenvalue weighted by atomic mass is 31.2. The highest BCUT2D eigenvalue weighted by molar-refractivity contribution is 7.61. The first-order chi connectivity index (χ1) is 19.3. The fraction of sp³-hybridized carbons (Fsp3) is 0.161. The van der Waals surface area contributed by atoms with E-state index in [9.17, 15) is 24.2 Å². The minimum absolute atomic E-state index is 0.0263. The van der Waals surface area contributed by atoms with Crippen LogP contribution in [-0.2, 0) is 31.6 Å². The molecule has 0 aliphatic heterocycles. The van der Waals surface area contributed by atoms with E-state index in [-0.39, 0.29) is 30.9 Å². The van der Waals surface area contributed by atoms with Gasteiger partial charge in [0.15, 0.2) is 0 Å². The maximum absolute atomic E-state index is 12.7. The molecule has 0 aromatic heterocycles. The highest BCUT2D eigenvalue weighted by Gasteiger charge is 2.30. The number of rotatable bonds is 10. The number of amides is 1. The Labute approximate surface area is 231 Å². The lowest BCUT2D eigenvalue weighted by Crippen LogP contribution is -2.43. The number of benzene rings is 4. The van der Waals surface area contributed by atoms with Gasteiger partial charge in [-0.3, -0.25) is 4.57 Å². The number of aliphatic carboxylic acids is 1. The lowest BCUT2D eigenvalue weighted by Gasteiger charge is -2.18. The van der Waals surface area contributed by atoms with E-state index < -0.39 is 25.7 Å². The Morgan fingerprint density at radius 1 is 0.800 bits per heavy atom. The fourth-order valence-corrected chi connectivity index (χ4v) is 5.85. The summed E-state index contributed by atoms with van der Waals surface area (Å²) in [4.78, 5) is 34.9. The lowest BCUT2D eigenvalue weighted by atomic mass is 9.98. The molecule has 40 heavy (non-hydrogen) atoms. The third-order valence-corrected chi connectivity index (χ3v) is 8.32. The number of alkyl carbamates (subject to hydrolysis) is 1. The van der Waals surface area contributed by atoms with Gasteiger partial charge in [-0.2, -0.15) is 0 Å². The van der Waals surface area contributed by atoms with E-state index in [1.165, 1.54) is 12.1 Å². The molecule has 0 saturated carbocycles. The van der Waals surface area contributed by atoms with Crippen molar-refractivity contribution in [3.63, 3.8) is 0 Å². The van der Waals surface area contributed by atoms with Gasteiger partial charge < -0.3 is 24.6 Å². The lowest BCUT2D eigenvalue weighted by molar-refractivity contribution is -0.139. The highest BCUT2D eigenvalue weighted by Crippen LogP contribution is 2.44. The van der Waals surface area contributed by atoms with Crippen molar-refractivity contribution in [3.05, 3.63) is 125 Å². The standard InChI is InChI=1S/C31H28NO7P/c33-30(34)29(18-21-14-16-23(17-15-21)40(36,37)39-19-22-8-2-1-3-9-22)32-31(35)38-20-28-26-12-6-4-10-24(26)25-11-5-7-13-27(25)28/h1-17,28-29H,18-20H2,(H,32,35)(H,33,34)(H,36,37). The normalized spacial score (nSPS) is 14.4. The zero-order chi connectivity index (χ0) is 28.1. The molecule has 3 N–H and O–H groups in total. The van der Waals surface area contributed by atoms with E-state index in [1.807, 2.05) is 66.7 Å². The second-order valence-corrected chi connectivity index (χ2v) is 11.3. The number of carbonyl (C=O) groups excluding carboxylic acids is 1. The first-order valence-corrected chi connectivity index (χ1v) is 14.3. The largest absolute Gasteiger partial charge is 0.480 e. The van der Waals surface area contributed by atoms with Crippen LogP contribution in [-0.4, -0.2) is 34.7 Å². The first kappa shape index (κ1) is 27.3. The minimum Gasteiger partial charge on any atom is -0.480 e. The molecule has 2 unspecified atom stereocenters. The number of hydrogen-bond donors (Lipinski definition) is 3. The van der Waals surface area contributed by atoms with Crippen molar-refractivity contribution in [1.29, 1.82) is 0 Å². The second-order valence-electron chi connectivity index (χ2n) is 9.51. The molecule has 1 aliphatic rings. The average molecular weight is 558 g/mol. The molecule has 1 aliphatic carbocycles. The smallest absolute Gasteiger partial charge is 0.407 e. The molecule has 204 valence electrons. The number of nitrogens with one attached hydrogen (secondary N) is 1. The van der Waals surface area contributed by atoms with Crippen molar-refractivity contribution in [3.8, 4) is 11.1 Å². The summed E-state index contributed by atoms with van der Waals surface area (Å²) in [5.74, 6) is -1.37. The van der Waals surface area contributed by atoms with Crippen LogP contribution in [0.15, 0.2) is 103 Å². The maximum Gasteiger partial charge on any atom is 0.407 e. The van der Waals surface area contributed by atoms with Gasteiger partial charge in [0.25, 0.3) is 0 Å². The number of carbonyl (C=O) groups is 2. The second kappa shape index (κ2) is 11.9. The number of hydrogen-bond acceptors (Lipinski definition) is 5. The van der Waals surface area contributed by atoms with E-state index >= 15 is 0 Å². The SMILES string of the molecule is O=C(NC(Cc1ccc(P(=O)(O)OCc2ccccc2)cc1)C(=O)O)OCC1c2ccccc2-c2ccccc21. The van der Waals surface area contributed by atoms with Crippen LogP contribution in [0.3, 0.4) is 0 Å². The Morgan fingerprint density at radius 2 is 1.38 bits per heavy atom. The summed E-state index contributed by atoms with van der Waals surface area (Å²) in [6.07, 6.45) is -0.875. The van der Waals surface area contributed by atoms with Gasteiger partial charge in [-0.1, -0.05) is 91.0 Å². The molecule has 0 fully saturated rings. The number of ether oxygens (including phenoxy) is 1. The summed E-state index contributed by atoms with van der Waals surface area (Å²) in [6, 6.07) is 29.6. The van der Waals surface area contributed by atoms with Crippen LogP contribution in [0.2, 0.25) is 0 Å². The monoisotopic (exact) mass is 557 g/mol. The van der Waals surface area contributed by atoms with Gasteiger partial charge in [0.05, 0.1) is 11.9 Å². The maximum atomic E-state index is 12.7. The third-order valence-electron chi connectivity index (χ3n) is 6.89. The Bertz CT molecular complexity index is 1510. The van der Waals surface area contributed by atoms with Gasteiger partial charge in [0.1, 0.15) is 12.6 Å². The number of fused-ring (bicyclic) bond motifs is 3. The summed E-state index contributed by atoms with van der Waals surface area (Å²) in [6.45, 7) is 0.0389. The van der Waals surface area contributed by atoms with Crippen molar-refractivity contribution in [2.24, 2.45) is 0 Å². The van der Waals surface area contributed by atoms with Crippen molar-refractivity contribution < 1.29 is 33.4 Å². The molecular formula is C31H28NO7P. The van der Waals surface area contributed by atoms with E-state index in [1.54, 1.807) is 24.3 Å². The minimum atomic E-state index is -4.08. The molecule has 9 heteroatoms. The molecule has 4 aromatic rings. The first-order valence-electron chi connectivity index (χ1n) is 12.8. The number of carboxylic acids is 1. The van der Waals surface area contributed by atoms with Gasteiger partial charge in [0.2, 0.25) is 0 Å². The molecule has 0 spiro atoms. The van der Waals surface area contributed by atoms with Gasteiger partial charge in [0, 0.05) is 12.3 Å². The van der Waals surface area contributed by atoms with Gasteiger partial charge in [-0.05, 0) is 45.5 Å². The van der Waals surface area contributed by atoms with Crippen molar-refractivity contribution in [1.82, 2.24) is 5.32 Å². The van der Waals surface area contributed by atoms with E-state index in [4.69, 9.17) is 9.26 Å². The van der Waals surface area contributed by atoms with Crippen LogP contribution >= 0.6 is 7.60 Å². The van der Waals surface area contributed by atoms with E-state index in [2.05, 4.69) is 5.32 Å². The van der Waals surface area contributed by atoms with Gasteiger partial charge in [-0.25, -0.2) is 9.59 Å². The Balaban J connectivity index is 1.18. The topological polar surface area (TPSA) is 122 Å². The van der Waals surface area contributed by atoms with Crippen LogP contribution < -0.4 is 10.6 Å². The summed E-state index contributed by atoms with van der Waals surface area (Å²) in [5, 5.41) is 12.2. The van der Waals surface area contributed by atoms with Crippen LogP contribution in [0.4, 0.5) is 4.79 Å². The zero-order valence-corrected chi connectivity index (χ0v) is 22.4. The van der Waals surface area contributed by atoms with Crippen LogP contribution in [0.25, 0.3) is 11.1 Å². The molecule has 0 bridgehead atoms. The number of carboxylic acid groups (broad SMARTS) is 1. The van der Waals surface area contributed by atoms with Gasteiger partial charge >= 0.3 is 19.7 Å². The molecule has 0 heterocycles. The molecule has 4 aromatic carbocycles. The van der Waals surface area contributed by atoms with Crippen molar-refractivity contribution in [2.45, 2.75) is 25.0 Å². The van der Waals surface area contributed by atoms with Crippen LogP contribution in [0, 0.1) is 0 Å². The molecule has 1 amide bonds. The summed E-state index contributed by atoms with van der Waals surface area (Å²) >= 11 is 0. The average Bonchev–Trinajstić information content (AvgIpc) is 3.29. The summed E-state index contributed by atoms with van der Waals surface area (Å²) < 4.78 is 23.4. The summed E-state index contributed by atoms with van der Waals surface area (Å²) in [7, 11) is -4.08. The van der Waals surface area contributed by atoms with Crippen LogP contribution in [0.5, 0.6) is 0 Å². The molecule has 8 nitrogen and oxygen atoms in total. The predicted octanol–water partition coefficient (Wildman–Crippen LogP) is 5.25. The van der Waals surface area contributed by atoms with E-state index in [0.29, 0.717) is 5.56 Å². The molecule has 0 saturated heterocycles. The van der Waals surface area contributed by atoms with E-state index in [0.717, 1.165) is 27.8 Å².